The van der Waals surface area contributed by atoms with Crippen LogP contribution in [0.3, 0.4) is 0 Å². The number of ether oxygens (including phenoxy) is 2. The van der Waals surface area contributed by atoms with E-state index in [4.69, 9.17) is 21.1 Å². The Labute approximate surface area is 282 Å². The summed E-state index contributed by atoms with van der Waals surface area (Å²) in [5, 5.41) is 20.9. The second-order valence-electron chi connectivity index (χ2n) is 11.4. The lowest BCUT2D eigenvalue weighted by atomic mass is 9.82. The van der Waals surface area contributed by atoms with Crippen molar-refractivity contribution < 1.29 is 37.4 Å². The highest BCUT2D eigenvalue weighted by Crippen LogP contribution is 2.45. The second kappa shape index (κ2) is 14.2. The first-order valence-corrected chi connectivity index (χ1v) is 15.6. The van der Waals surface area contributed by atoms with Gasteiger partial charge in [0.2, 0.25) is 5.91 Å². The van der Waals surface area contributed by atoms with Gasteiger partial charge in [-0.25, -0.2) is 18.4 Å². The van der Waals surface area contributed by atoms with E-state index in [1.807, 2.05) is 0 Å². The molecule has 0 saturated carbocycles. The number of fused-ring (bicyclic) bond motifs is 2. The number of benzene rings is 3. The Morgan fingerprint density at radius 3 is 2.59 bits per heavy atom. The van der Waals surface area contributed by atoms with Crippen molar-refractivity contribution in [2.24, 2.45) is 0 Å². The highest BCUT2D eigenvalue weighted by Gasteiger charge is 2.49. The molecule has 17 heteroatoms. The van der Waals surface area contributed by atoms with E-state index in [9.17, 15) is 23.6 Å². The number of aromatic amines is 1. The minimum Gasteiger partial charge on any atom is -0.449 e. The number of H-pyrrole nitrogens is 1. The van der Waals surface area contributed by atoms with E-state index in [1.165, 1.54) is 65.6 Å². The Bertz CT molecular complexity index is 1860. The van der Waals surface area contributed by atoms with E-state index < -0.39 is 47.3 Å². The maximum Gasteiger partial charge on any atom is 0.412 e. The molecule has 0 aliphatic carbocycles. The Morgan fingerprint density at radius 1 is 1.08 bits per heavy atom. The number of halogens is 3. The molecular formula is C32H29ClF2N8O6. The zero-order valence-electron chi connectivity index (χ0n) is 25.7. The molecule has 2 unspecified atom stereocenters. The summed E-state index contributed by atoms with van der Waals surface area (Å²) in [6.07, 6.45) is -0.669. The predicted octanol–water partition coefficient (Wildman–Crippen LogP) is 4.34. The molecule has 1 saturated heterocycles. The number of piperidine rings is 1. The van der Waals surface area contributed by atoms with Gasteiger partial charge in [0.05, 0.1) is 22.8 Å². The van der Waals surface area contributed by atoms with Gasteiger partial charge in [-0.1, -0.05) is 28.9 Å². The van der Waals surface area contributed by atoms with Gasteiger partial charge in [-0.3, -0.25) is 20.2 Å². The third-order valence-electron chi connectivity index (χ3n) is 8.14. The molecule has 49 heavy (non-hydrogen) atoms. The van der Waals surface area contributed by atoms with Crippen LogP contribution in [-0.4, -0.2) is 75.3 Å². The van der Waals surface area contributed by atoms with Crippen LogP contribution in [0.1, 0.15) is 40.2 Å². The second-order valence-corrected chi connectivity index (χ2v) is 11.8. The normalized spacial score (nSPS) is 17.4. The molecule has 3 heterocycles. The summed E-state index contributed by atoms with van der Waals surface area (Å²) in [5.74, 6) is -1.96. The molecule has 2 atom stereocenters. The Morgan fingerprint density at radius 2 is 1.86 bits per heavy atom. The fourth-order valence-corrected chi connectivity index (χ4v) is 6.02. The number of hydrogen-bond donors (Lipinski definition) is 4. The number of likely N-dealkylation sites (tertiary alicyclic amines) is 1. The molecule has 4 aromatic rings. The van der Waals surface area contributed by atoms with E-state index in [0.717, 1.165) is 0 Å². The van der Waals surface area contributed by atoms with Gasteiger partial charge in [-0.15, -0.1) is 10.2 Å². The van der Waals surface area contributed by atoms with E-state index >= 15 is 4.39 Å². The van der Waals surface area contributed by atoms with E-state index in [0.29, 0.717) is 23.5 Å². The fourth-order valence-electron chi connectivity index (χ4n) is 5.86. The first kappa shape index (κ1) is 33.3. The largest absolute Gasteiger partial charge is 0.449 e. The number of rotatable bonds is 9. The molecule has 1 fully saturated rings. The van der Waals surface area contributed by atoms with Gasteiger partial charge in [0.25, 0.3) is 5.91 Å². The number of aromatic nitrogens is 4. The third kappa shape index (κ3) is 7.59. The molecule has 254 valence electrons. The molecule has 2 aliphatic heterocycles. The van der Waals surface area contributed by atoms with Crippen LogP contribution in [0.15, 0.2) is 60.7 Å². The topological polar surface area (TPSA) is 181 Å². The van der Waals surface area contributed by atoms with Crippen LogP contribution in [0.4, 0.5) is 29.7 Å². The van der Waals surface area contributed by atoms with Crippen molar-refractivity contribution in [1.29, 1.82) is 0 Å². The third-order valence-corrected chi connectivity index (χ3v) is 8.43. The summed E-state index contributed by atoms with van der Waals surface area (Å²) in [6, 6.07) is 13.0. The SMILES string of the molecule is O=C(Nc1ccc(C(=O)NC(Cc2ccc(F)cc2)C(=O)N2CCCC3(C2)OC(=O)Nc2ccc(Cl)c(F)c23)cc1)OCCc1nn[nH]n1. The zero-order chi connectivity index (χ0) is 34.5. The molecule has 2 aliphatic rings. The van der Waals surface area contributed by atoms with Crippen LogP contribution in [0, 0.1) is 11.6 Å². The Kier molecular flexibility index (Phi) is 9.66. The quantitative estimate of drug-likeness (QED) is 0.198. The number of nitrogens with one attached hydrogen (secondary N) is 4. The minimum atomic E-state index is -1.51. The van der Waals surface area contributed by atoms with Gasteiger partial charge in [-0.2, -0.15) is 5.21 Å². The van der Waals surface area contributed by atoms with Crippen molar-refractivity contribution in [2.75, 3.05) is 30.3 Å². The number of nitrogens with zero attached hydrogens (tertiary/aromatic N) is 4. The van der Waals surface area contributed by atoms with Gasteiger partial charge in [0.1, 0.15) is 18.5 Å². The van der Waals surface area contributed by atoms with Crippen molar-refractivity contribution in [3.05, 3.63) is 99.8 Å². The summed E-state index contributed by atoms with van der Waals surface area (Å²) >= 11 is 6.09. The van der Waals surface area contributed by atoms with Gasteiger partial charge < -0.3 is 19.7 Å². The summed E-state index contributed by atoms with van der Waals surface area (Å²) < 4.78 is 39.9. The lowest BCUT2D eigenvalue weighted by Gasteiger charge is -2.45. The molecule has 0 radical (unpaired) electrons. The molecule has 1 spiro atoms. The summed E-state index contributed by atoms with van der Waals surface area (Å²) in [7, 11) is 0. The first-order chi connectivity index (χ1) is 23.6. The van der Waals surface area contributed by atoms with Gasteiger partial charge in [0.15, 0.2) is 17.2 Å². The van der Waals surface area contributed by atoms with Gasteiger partial charge in [0, 0.05) is 30.6 Å². The lowest BCUT2D eigenvalue weighted by molar-refractivity contribution is -0.141. The van der Waals surface area contributed by atoms with Crippen molar-refractivity contribution in [3.8, 4) is 0 Å². The summed E-state index contributed by atoms with van der Waals surface area (Å²) in [6.45, 7) is 0.0668. The van der Waals surface area contributed by atoms with Crippen molar-refractivity contribution in [1.82, 2.24) is 30.8 Å². The van der Waals surface area contributed by atoms with E-state index in [1.54, 1.807) is 0 Å². The number of anilines is 2. The Balaban J connectivity index is 1.17. The minimum absolute atomic E-state index is 0.00180. The number of hydrogen-bond acceptors (Lipinski definition) is 9. The van der Waals surface area contributed by atoms with Crippen LogP contribution in [-0.2, 0) is 32.7 Å². The lowest BCUT2D eigenvalue weighted by Crippen LogP contribution is -2.57. The van der Waals surface area contributed by atoms with Crippen LogP contribution in [0.25, 0.3) is 0 Å². The smallest absolute Gasteiger partial charge is 0.412 e. The molecular weight excluding hydrogens is 666 g/mol. The van der Waals surface area contributed by atoms with Crippen molar-refractivity contribution in [2.45, 2.75) is 37.3 Å². The molecule has 0 bridgehead atoms. The molecule has 4 amide bonds. The fraction of sp³-hybridized carbons (Fsp3) is 0.281. The van der Waals surface area contributed by atoms with Gasteiger partial charge >= 0.3 is 12.2 Å². The summed E-state index contributed by atoms with van der Waals surface area (Å²) in [4.78, 5) is 53.7. The molecule has 6 rings (SSSR count). The predicted molar refractivity (Wildman–Crippen MR) is 170 cm³/mol. The van der Waals surface area contributed by atoms with Gasteiger partial charge in [-0.05, 0) is 66.9 Å². The number of tetrazole rings is 1. The van der Waals surface area contributed by atoms with Crippen LogP contribution in [0.2, 0.25) is 5.02 Å². The van der Waals surface area contributed by atoms with Crippen LogP contribution >= 0.6 is 11.6 Å². The highest BCUT2D eigenvalue weighted by atomic mass is 35.5. The van der Waals surface area contributed by atoms with Crippen molar-refractivity contribution in [3.63, 3.8) is 0 Å². The standard InChI is InChI=1S/C32H29ClF2N8O6/c33-22-10-11-23-26(27(22)35)32(49-31(47)38-23)13-1-14-43(17-32)29(45)24(16-18-2-6-20(34)7-3-18)37-28(44)19-4-8-21(9-5-19)36-30(46)48-15-12-25-39-41-42-40-25/h2-11,24H,1,12-17H2,(H,36,46)(H,37,44)(H,38,47)(H,39,40,41,42). The number of carbonyl (C=O) groups excluding carboxylic acids is 4. The number of carbonyl (C=O) groups is 4. The van der Waals surface area contributed by atoms with E-state index in [-0.39, 0.29) is 60.8 Å². The molecule has 14 nitrogen and oxygen atoms in total. The maximum absolute atomic E-state index is 15.4. The van der Waals surface area contributed by atoms with Crippen LogP contribution in [0.5, 0.6) is 0 Å². The van der Waals surface area contributed by atoms with Crippen LogP contribution < -0.4 is 16.0 Å². The molecule has 1 aromatic heterocycles. The summed E-state index contributed by atoms with van der Waals surface area (Å²) in [5.41, 5.74) is -0.175. The van der Waals surface area contributed by atoms with Crippen molar-refractivity contribution >= 4 is 47.0 Å². The maximum atomic E-state index is 15.4. The Hall–Kier alpha value is -5.64. The number of amides is 4. The highest BCUT2D eigenvalue weighted by molar-refractivity contribution is 6.31. The molecule has 3 aromatic carbocycles. The average Bonchev–Trinajstić information content (AvgIpc) is 3.60. The molecule has 4 N–H and O–H groups in total. The average molecular weight is 695 g/mol. The van der Waals surface area contributed by atoms with E-state index in [2.05, 4.69) is 36.6 Å². The monoisotopic (exact) mass is 694 g/mol. The first-order valence-electron chi connectivity index (χ1n) is 15.2. The zero-order valence-corrected chi connectivity index (χ0v) is 26.4.